The van der Waals surface area contributed by atoms with Crippen molar-refractivity contribution in [2.45, 2.75) is 31.8 Å². The molecule has 1 aliphatic carbocycles. The highest BCUT2D eigenvalue weighted by atomic mass is 79.9. The van der Waals surface area contributed by atoms with Crippen molar-refractivity contribution < 1.29 is 13.6 Å². The van der Waals surface area contributed by atoms with Crippen LogP contribution in [0.1, 0.15) is 46.2 Å². The number of nitrogens with one attached hydrogen (secondary N) is 1. The van der Waals surface area contributed by atoms with E-state index in [0.29, 0.717) is 33.0 Å². The van der Waals surface area contributed by atoms with E-state index >= 15 is 0 Å². The molecule has 1 amide bonds. The molecule has 5 aromatic rings. The van der Waals surface area contributed by atoms with Crippen LogP contribution < -0.4 is 5.32 Å². The Morgan fingerprint density at radius 2 is 2.06 bits per heavy atom. The highest BCUT2D eigenvalue weighted by molar-refractivity contribution is 9.10. The zero-order valence-corrected chi connectivity index (χ0v) is 19.2. The zero-order chi connectivity index (χ0) is 23.4. The number of aromatic nitrogens is 7. The number of imidazole rings is 2. The molecule has 34 heavy (non-hydrogen) atoms. The molecule has 0 aromatic carbocycles. The highest BCUT2D eigenvalue weighted by Crippen LogP contribution is 2.41. The van der Waals surface area contributed by atoms with Crippen LogP contribution in [0.3, 0.4) is 0 Å². The standard InChI is InChI=1S/C22H17BrF2N8O/c23-15-5-6-31-11-27-16(20(31)19(15)24)7-26-22(34)17-10-32(30-29-17)8-13-9-33-18(28-13)4-3-14(21(33)25)12-1-2-12/h3-6,9-12H,1-2,7-8H2,(H,26,34). The average Bonchev–Trinajstić information content (AvgIpc) is 3.22. The van der Waals surface area contributed by atoms with Crippen molar-refractivity contribution in [3.05, 3.63) is 82.0 Å². The summed E-state index contributed by atoms with van der Waals surface area (Å²) in [5, 5.41) is 10.6. The maximum Gasteiger partial charge on any atom is 0.273 e. The van der Waals surface area contributed by atoms with E-state index in [4.69, 9.17) is 0 Å². The fourth-order valence-electron chi connectivity index (χ4n) is 3.98. The number of hydrogen-bond acceptors (Lipinski definition) is 5. The van der Waals surface area contributed by atoms with E-state index in [1.165, 1.54) is 21.6 Å². The van der Waals surface area contributed by atoms with Gasteiger partial charge in [-0.25, -0.2) is 19.0 Å². The molecule has 0 unspecified atom stereocenters. The Labute approximate surface area is 199 Å². The Kier molecular flexibility index (Phi) is 4.90. The van der Waals surface area contributed by atoms with Crippen molar-refractivity contribution in [3.8, 4) is 0 Å². The Balaban J connectivity index is 1.16. The van der Waals surface area contributed by atoms with Crippen LogP contribution in [0.4, 0.5) is 8.78 Å². The number of halogens is 3. The van der Waals surface area contributed by atoms with Crippen molar-refractivity contribution in [1.82, 2.24) is 39.1 Å². The second kappa shape index (κ2) is 7.97. The summed E-state index contributed by atoms with van der Waals surface area (Å²) in [5.74, 6) is -0.918. The average molecular weight is 527 g/mol. The lowest BCUT2D eigenvalue weighted by Crippen LogP contribution is -2.23. The predicted octanol–water partition coefficient (Wildman–Crippen LogP) is 3.47. The Morgan fingerprint density at radius 3 is 2.88 bits per heavy atom. The second-order valence-electron chi connectivity index (χ2n) is 8.22. The van der Waals surface area contributed by atoms with E-state index < -0.39 is 11.7 Å². The number of rotatable bonds is 6. The quantitative estimate of drug-likeness (QED) is 0.342. The third-order valence-electron chi connectivity index (χ3n) is 5.84. The third-order valence-corrected chi connectivity index (χ3v) is 6.45. The Bertz CT molecular complexity index is 1570. The van der Waals surface area contributed by atoms with E-state index in [0.717, 1.165) is 12.8 Å². The van der Waals surface area contributed by atoms with Crippen LogP contribution in [0.5, 0.6) is 0 Å². The summed E-state index contributed by atoms with van der Waals surface area (Å²) in [5.41, 5.74) is 2.58. The molecule has 0 saturated heterocycles. The van der Waals surface area contributed by atoms with E-state index in [9.17, 15) is 13.6 Å². The largest absolute Gasteiger partial charge is 0.345 e. The molecule has 12 heteroatoms. The number of carbonyl (C=O) groups is 1. The van der Waals surface area contributed by atoms with Gasteiger partial charge in [0.15, 0.2) is 11.5 Å². The van der Waals surface area contributed by atoms with Gasteiger partial charge in [-0.05, 0) is 46.8 Å². The summed E-state index contributed by atoms with van der Waals surface area (Å²) >= 11 is 3.16. The van der Waals surface area contributed by atoms with Crippen LogP contribution in [0.2, 0.25) is 0 Å². The van der Waals surface area contributed by atoms with Crippen LogP contribution >= 0.6 is 15.9 Å². The third kappa shape index (κ3) is 3.63. The van der Waals surface area contributed by atoms with Gasteiger partial charge < -0.3 is 9.72 Å². The first kappa shape index (κ1) is 20.9. The fraction of sp³-hybridized carbons (Fsp3) is 0.227. The molecule has 0 radical (unpaired) electrons. The molecule has 6 rings (SSSR count). The van der Waals surface area contributed by atoms with Crippen molar-refractivity contribution in [2.75, 3.05) is 0 Å². The first-order valence-corrected chi connectivity index (χ1v) is 11.4. The summed E-state index contributed by atoms with van der Waals surface area (Å²) in [6.07, 6.45) is 8.29. The van der Waals surface area contributed by atoms with Gasteiger partial charge in [-0.1, -0.05) is 11.3 Å². The van der Waals surface area contributed by atoms with E-state index in [1.54, 1.807) is 35.0 Å². The normalized spacial score (nSPS) is 13.7. The molecule has 1 N–H and O–H groups in total. The highest BCUT2D eigenvalue weighted by Gasteiger charge is 2.27. The summed E-state index contributed by atoms with van der Waals surface area (Å²) < 4.78 is 34.0. The lowest BCUT2D eigenvalue weighted by Gasteiger charge is -2.03. The molecule has 0 aliphatic heterocycles. The maximum absolute atomic E-state index is 14.8. The second-order valence-corrected chi connectivity index (χ2v) is 9.08. The zero-order valence-electron chi connectivity index (χ0n) is 17.6. The molecular formula is C22H17BrF2N8O. The maximum atomic E-state index is 14.8. The molecule has 0 bridgehead atoms. The van der Waals surface area contributed by atoms with Gasteiger partial charge in [0.1, 0.15) is 11.2 Å². The monoisotopic (exact) mass is 526 g/mol. The van der Waals surface area contributed by atoms with E-state index in [2.05, 4.69) is 41.5 Å². The SMILES string of the molecule is O=C(NCc1ncn2ccc(Br)c(F)c12)c1cn(Cc2cn3c(F)c(C4CC4)ccc3n2)nn1. The number of pyridine rings is 2. The molecule has 1 fully saturated rings. The summed E-state index contributed by atoms with van der Waals surface area (Å²) in [7, 11) is 0. The number of hydrogen-bond donors (Lipinski definition) is 1. The number of fused-ring (bicyclic) bond motifs is 2. The summed E-state index contributed by atoms with van der Waals surface area (Å²) in [4.78, 5) is 21.2. The van der Waals surface area contributed by atoms with Gasteiger partial charge in [0, 0.05) is 18.0 Å². The Morgan fingerprint density at radius 1 is 1.21 bits per heavy atom. The molecule has 5 heterocycles. The molecule has 9 nitrogen and oxygen atoms in total. The van der Waals surface area contributed by atoms with Crippen LogP contribution in [0.25, 0.3) is 11.2 Å². The first-order chi connectivity index (χ1) is 16.5. The van der Waals surface area contributed by atoms with Gasteiger partial charge in [0.05, 0.1) is 41.5 Å². The number of carbonyl (C=O) groups excluding carboxylic acids is 1. The van der Waals surface area contributed by atoms with Gasteiger partial charge in [0.2, 0.25) is 5.95 Å². The molecular weight excluding hydrogens is 510 g/mol. The number of nitrogens with zero attached hydrogens (tertiary/aromatic N) is 7. The van der Waals surface area contributed by atoms with Gasteiger partial charge in [-0.15, -0.1) is 5.10 Å². The van der Waals surface area contributed by atoms with Crippen LogP contribution in [-0.2, 0) is 13.1 Å². The fourth-order valence-corrected chi connectivity index (χ4v) is 4.29. The molecule has 5 aromatic heterocycles. The topological polar surface area (TPSA) is 94.4 Å². The van der Waals surface area contributed by atoms with Crippen molar-refractivity contribution >= 4 is 33.0 Å². The minimum atomic E-state index is -0.474. The van der Waals surface area contributed by atoms with E-state index in [-0.39, 0.29) is 30.2 Å². The van der Waals surface area contributed by atoms with Crippen molar-refractivity contribution in [2.24, 2.45) is 0 Å². The van der Waals surface area contributed by atoms with Crippen LogP contribution in [-0.4, -0.2) is 39.7 Å². The molecule has 172 valence electrons. The summed E-state index contributed by atoms with van der Waals surface area (Å²) in [6.45, 7) is 0.246. The minimum absolute atomic E-state index is 0.0185. The van der Waals surface area contributed by atoms with Gasteiger partial charge in [0.25, 0.3) is 5.91 Å². The van der Waals surface area contributed by atoms with E-state index in [1.807, 2.05) is 0 Å². The van der Waals surface area contributed by atoms with Crippen LogP contribution in [0, 0.1) is 11.8 Å². The molecule has 0 atom stereocenters. The lowest BCUT2D eigenvalue weighted by molar-refractivity contribution is 0.0945. The van der Waals surface area contributed by atoms with Crippen molar-refractivity contribution in [3.63, 3.8) is 0 Å². The van der Waals surface area contributed by atoms with Gasteiger partial charge in [-0.2, -0.15) is 4.39 Å². The molecule has 1 saturated carbocycles. The van der Waals surface area contributed by atoms with Gasteiger partial charge >= 0.3 is 0 Å². The van der Waals surface area contributed by atoms with Crippen molar-refractivity contribution in [1.29, 1.82) is 0 Å². The minimum Gasteiger partial charge on any atom is -0.345 e. The van der Waals surface area contributed by atoms with Crippen LogP contribution in [0.15, 0.2) is 47.6 Å². The smallest absolute Gasteiger partial charge is 0.273 e. The number of amides is 1. The lowest BCUT2D eigenvalue weighted by atomic mass is 10.2. The molecule has 1 aliphatic rings. The summed E-state index contributed by atoms with van der Waals surface area (Å²) in [6, 6.07) is 5.18. The first-order valence-electron chi connectivity index (χ1n) is 10.6. The van der Waals surface area contributed by atoms with Gasteiger partial charge in [-0.3, -0.25) is 9.20 Å². The predicted molar refractivity (Wildman–Crippen MR) is 120 cm³/mol. The Hall–Kier alpha value is -3.67. The molecule has 0 spiro atoms.